The molecule has 3 aromatic carbocycles. The first-order valence-corrected chi connectivity index (χ1v) is 10.4. The summed E-state index contributed by atoms with van der Waals surface area (Å²) in [5, 5.41) is 0. The van der Waals surface area contributed by atoms with Crippen molar-refractivity contribution < 1.29 is 4.57 Å². The zero-order valence-electron chi connectivity index (χ0n) is 16.4. The summed E-state index contributed by atoms with van der Waals surface area (Å²) < 4.78 is 2.25. The van der Waals surface area contributed by atoms with Gasteiger partial charge in [-0.1, -0.05) is 60.3 Å². The quantitative estimate of drug-likeness (QED) is 0.297. The summed E-state index contributed by atoms with van der Waals surface area (Å²) in [6.07, 6.45) is 2.21. The average Bonchev–Trinajstić information content (AvgIpc) is 2.84. The Kier molecular flexibility index (Phi) is 4.10. The monoisotopic (exact) mass is 380 g/mol. The molecule has 0 saturated carbocycles. The third-order valence-electron chi connectivity index (χ3n) is 5.51. The first-order valence-electron chi connectivity index (χ1n) is 9.60. The van der Waals surface area contributed by atoms with Crippen LogP contribution in [0, 0.1) is 13.8 Å². The fraction of sp³-hybridized carbons (Fsp3) is 0.115. The molecule has 28 heavy (non-hydrogen) atoms. The number of fused-ring (bicyclic) bond motifs is 5. The van der Waals surface area contributed by atoms with Gasteiger partial charge in [0.2, 0.25) is 5.69 Å². The molecular formula is C26H22NS+. The Balaban J connectivity index is 1.90. The SMILES string of the molecule is Cc1ccc(-c2c(C)ccc3c2-c2ccccc2-c2ccccc2S3)[n+](C)c1. The molecule has 0 fully saturated rings. The summed E-state index contributed by atoms with van der Waals surface area (Å²) in [6.45, 7) is 4.37. The lowest BCUT2D eigenvalue weighted by atomic mass is 9.88. The lowest BCUT2D eigenvalue weighted by Gasteiger charge is -2.16. The Morgan fingerprint density at radius 2 is 1.36 bits per heavy atom. The molecule has 0 aliphatic carbocycles. The molecule has 136 valence electrons. The molecule has 0 amide bonds. The predicted molar refractivity (Wildman–Crippen MR) is 118 cm³/mol. The van der Waals surface area contributed by atoms with E-state index in [1.807, 2.05) is 11.8 Å². The van der Waals surface area contributed by atoms with Crippen LogP contribution in [-0.4, -0.2) is 0 Å². The molecule has 0 spiro atoms. The van der Waals surface area contributed by atoms with Crippen LogP contribution < -0.4 is 4.57 Å². The van der Waals surface area contributed by atoms with Crippen molar-refractivity contribution in [2.24, 2.45) is 7.05 Å². The summed E-state index contributed by atoms with van der Waals surface area (Å²) in [7, 11) is 2.14. The van der Waals surface area contributed by atoms with E-state index in [0.717, 1.165) is 0 Å². The number of benzene rings is 3. The number of aryl methyl sites for hydroxylation is 3. The van der Waals surface area contributed by atoms with Crippen molar-refractivity contribution in [2.75, 3.05) is 0 Å². The lowest BCUT2D eigenvalue weighted by molar-refractivity contribution is -0.660. The van der Waals surface area contributed by atoms with E-state index in [1.165, 1.54) is 54.4 Å². The van der Waals surface area contributed by atoms with Crippen LogP contribution in [0.5, 0.6) is 0 Å². The number of hydrogen-bond donors (Lipinski definition) is 0. The zero-order chi connectivity index (χ0) is 19.3. The molecule has 0 saturated heterocycles. The number of pyridine rings is 1. The molecule has 4 aromatic rings. The highest BCUT2D eigenvalue weighted by molar-refractivity contribution is 7.99. The molecule has 0 N–H and O–H groups in total. The van der Waals surface area contributed by atoms with Gasteiger partial charge in [0.05, 0.1) is 5.56 Å². The van der Waals surface area contributed by atoms with E-state index in [0.29, 0.717) is 0 Å². The Morgan fingerprint density at radius 3 is 2.14 bits per heavy atom. The molecule has 0 bridgehead atoms. The van der Waals surface area contributed by atoms with Gasteiger partial charge in [-0.15, -0.1) is 0 Å². The van der Waals surface area contributed by atoms with Gasteiger partial charge in [-0.2, -0.15) is 0 Å². The summed E-state index contributed by atoms with van der Waals surface area (Å²) in [4.78, 5) is 2.63. The minimum Gasteiger partial charge on any atom is -0.201 e. The smallest absolute Gasteiger partial charge is 0.201 e. The van der Waals surface area contributed by atoms with Gasteiger partial charge in [0.15, 0.2) is 6.20 Å². The molecule has 2 heterocycles. The van der Waals surface area contributed by atoms with Crippen LogP contribution in [0.15, 0.2) is 88.8 Å². The third kappa shape index (κ3) is 2.68. The predicted octanol–water partition coefficient (Wildman–Crippen LogP) is 6.59. The molecular weight excluding hydrogens is 358 g/mol. The highest BCUT2D eigenvalue weighted by Crippen LogP contribution is 2.51. The number of nitrogens with zero attached hydrogens (tertiary/aromatic N) is 1. The highest BCUT2D eigenvalue weighted by Gasteiger charge is 2.26. The average molecular weight is 381 g/mol. The van der Waals surface area contributed by atoms with Crippen LogP contribution in [0.2, 0.25) is 0 Å². The van der Waals surface area contributed by atoms with Crippen LogP contribution in [0.3, 0.4) is 0 Å². The minimum atomic E-state index is 1.25. The maximum atomic E-state index is 2.28. The summed E-state index contributed by atoms with van der Waals surface area (Å²) in [5.74, 6) is 0. The zero-order valence-corrected chi connectivity index (χ0v) is 17.2. The largest absolute Gasteiger partial charge is 0.213 e. The van der Waals surface area contributed by atoms with Crippen LogP contribution in [0.4, 0.5) is 0 Å². The van der Waals surface area contributed by atoms with E-state index in [1.54, 1.807) is 0 Å². The van der Waals surface area contributed by atoms with Crippen molar-refractivity contribution in [1.82, 2.24) is 0 Å². The molecule has 5 rings (SSSR count). The van der Waals surface area contributed by atoms with E-state index in [-0.39, 0.29) is 0 Å². The Morgan fingerprint density at radius 1 is 0.643 bits per heavy atom. The fourth-order valence-electron chi connectivity index (χ4n) is 4.21. The van der Waals surface area contributed by atoms with E-state index in [4.69, 9.17) is 0 Å². The van der Waals surface area contributed by atoms with Gasteiger partial charge in [-0.05, 0) is 54.3 Å². The number of aromatic nitrogens is 1. The summed E-state index contributed by atoms with van der Waals surface area (Å²) in [6, 6.07) is 26.6. The Bertz CT molecular complexity index is 1220. The first-order chi connectivity index (χ1) is 13.6. The molecule has 2 heteroatoms. The second kappa shape index (κ2) is 6.65. The fourth-order valence-corrected chi connectivity index (χ4v) is 5.33. The normalized spacial score (nSPS) is 12.0. The van der Waals surface area contributed by atoms with Crippen LogP contribution >= 0.6 is 11.8 Å². The topological polar surface area (TPSA) is 3.88 Å². The molecule has 1 nitrogen and oxygen atoms in total. The van der Waals surface area contributed by atoms with Crippen molar-refractivity contribution in [3.63, 3.8) is 0 Å². The molecule has 1 aromatic heterocycles. The standard InChI is InChI=1S/C26H22NS/c1-17-12-14-22(27(3)16-17)25-18(2)13-15-24-26(25)21-10-5-4-8-19(21)20-9-6-7-11-23(20)28-24/h4-16H,1-3H3/q+1. The van der Waals surface area contributed by atoms with E-state index in [2.05, 4.69) is 104 Å². The first kappa shape index (κ1) is 17.3. The van der Waals surface area contributed by atoms with E-state index < -0.39 is 0 Å². The van der Waals surface area contributed by atoms with Crippen molar-refractivity contribution >= 4 is 11.8 Å². The summed E-state index contributed by atoms with van der Waals surface area (Å²) in [5.41, 5.74) is 10.4. The van der Waals surface area contributed by atoms with E-state index in [9.17, 15) is 0 Å². The summed E-state index contributed by atoms with van der Waals surface area (Å²) >= 11 is 1.88. The van der Waals surface area contributed by atoms with Gasteiger partial charge < -0.3 is 0 Å². The van der Waals surface area contributed by atoms with Crippen LogP contribution in [-0.2, 0) is 7.05 Å². The molecule has 1 aliphatic rings. The van der Waals surface area contributed by atoms with Crippen molar-refractivity contribution in [1.29, 1.82) is 0 Å². The molecule has 0 atom stereocenters. The Labute approximate surface area is 170 Å². The van der Waals surface area contributed by atoms with Crippen LogP contribution in [0.1, 0.15) is 11.1 Å². The number of rotatable bonds is 1. The Hall–Kier alpha value is -2.84. The number of hydrogen-bond acceptors (Lipinski definition) is 1. The molecule has 0 unspecified atom stereocenters. The third-order valence-corrected chi connectivity index (χ3v) is 6.64. The minimum absolute atomic E-state index is 1.25. The van der Waals surface area contributed by atoms with Gasteiger partial charge in [0, 0.05) is 27.0 Å². The van der Waals surface area contributed by atoms with Gasteiger partial charge in [0.25, 0.3) is 0 Å². The van der Waals surface area contributed by atoms with Crippen molar-refractivity contribution in [2.45, 2.75) is 23.6 Å². The van der Waals surface area contributed by atoms with Crippen molar-refractivity contribution in [3.05, 3.63) is 90.1 Å². The second-order valence-corrected chi connectivity index (χ2v) is 8.56. The van der Waals surface area contributed by atoms with Gasteiger partial charge in [-0.25, -0.2) is 4.57 Å². The highest BCUT2D eigenvalue weighted by atomic mass is 32.2. The maximum absolute atomic E-state index is 2.28. The molecule has 0 radical (unpaired) electrons. The maximum Gasteiger partial charge on any atom is 0.213 e. The van der Waals surface area contributed by atoms with Crippen molar-refractivity contribution in [3.8, 4) is 33.5 Å². The van der Waals surface area contributed by atoms with E-state index >= 15 is 0 Å². The lowest BCUT2D eigenvalue weighted by Crippen LogP contribution is -2.31. The second-order valence-electron chi connectivity index (χ2n) is 7.48. The van der Waals surface area contributed by atoms with Gasteiger partial charge in [0.1, 0.15) is 7.05 Å². The molecule has 1 aliphatic heterocycles. The van der Waals surface area contributed by atoms with Crippen LogP contribution in [0.25, 0.3) is 33.5 Å². The van der Waals surface area contributed by atoms with Gasteiger partial charge in [-0.3, -0.25) is 0 Å². The van der Waals surface area contributed by atoms with Gasteiger partial charge >= 0.3 is 0 Å².